The van der Waals surface area contributed by atoms with Crippen LogP contribution in [-0.2, 0) is 4.74 Å². The second-order valence-electron chi connectivity index (χ2n) is 5.04. The Labute approximate surface area is 90.2 Å². The number of hydrogen-bond acceptors (Lipinski definition) is 1. The van der Waals surface area contributed by atoms with Crippen molar-refractivity contribution < 1.29 is 4.74 Å². The first-order chi connectivity index (χ1) is 6.49. The zero-order valence-corrected chi connectivity index (χ0v) is 10.8. The van der Waals surface area contributed by atoms with Gasteiger partial charge in [0.05, 0.1) is 12.2 Å². The maximum Gasteiger partial charge on any atom is 0.0624 e. The zero-order chi connectivity index (χ0) is 11.1. The molecule has 0 aromatic rings. The Kier molecular flexibility index (Phi) is 7.26. The van der Waals surface area contributed by atoms with E-state index in [2.05, 4.69) is 41.5 Å². The second kappa shape index (κ2) is 7.28. The van der Waals surface area contributed by atoms with E-state index < -0.39 is 0 Å². The molecule has 1 unspecified atom stereocenters. The van der Waals surface area contributed by atoms with E-state index in [9.17, 15) is 0 Å². The van der Waals surface area contributed by atoms with Crippen molar-refractivity contribution in [3.63, 3.8) is 0 Å². The van der Waals surface area contributed by atoms with Crippen LogP contribution in [0.15, 0.2) is 0 Å². The molecule has 0 aliphatic rings. The molecular weight excluding hydrogens is 172 g/mol. The Hall–Kier alpha value is -0.0400. The van der Waals surface area contributed by atoms with Gasteiger partial charge in [-0.1, -0.05) is 47.5 Å². The SMILES string of the molecule is CCCCC(C)OC(C(C)C)C(C)C. The number of ether oxygens (including phenoxy) is 1. The summed E-state index contributed by atoms with van der Waals surface area (Å²) in [6, 6.07) is 0. The van der Waals surface area contributed by atoms with Crippen LogP contribution < -0.4 is 0 Å². The molecule has 0 fully saturated rings. The lowest BCUT2D eigenvalue weighted by Crippen LogP contribution is -2.29. The van der Waals surface area contributed by atoms with Gasteiger partial charge >= 0.3 is 0 Å². The van der Waals surface area contributed by atoms with Gasteiger partial charge in [-0.25, -0.2) is 0 Å². The number of hydrogen-bond donors (Lipinski definition) is 0. The third-order valence-electron chi connectivity index (χ3n) is 2.67. The summed E-state index contributed by atoms with van der Waals surface area (Å²) in [4.78, 5) is 0. The molecule has 0 heterocycles. The molecule has 0 aromatic carbocycles. The summed E-state index contributed by atoms with van der Waals surface area (Å²) in [7, 11) is 0. The summed E-state index contributed by atoms with van der Waals surface area (Å²) in [5.41, 5.74) is 0. The van der Waals surface area contributed by atoms with Gasteiger partial charge in [0.1, 0.15) is 0 Å². The molecule has 0 spiro atoms. The monoisotopic (exact) mass is 200 g/mol. The summed E-state index contributed by atoms with van der Waals surface area (Å²) in [6.07, 6.45) is 4.59. The van der Waals surface area contributed by atoms with Crippen molar-refractivity contribution in [2.45, 2.75) is 73.0 Å². The second-order valence-corrected chi connectivity index (χ2v) is 5.04. The van der Waals surface area contributed by atoms with E-state index in [1.54, 1.807) is 0 Å². The van der Waals surface area contributed by atoms with Crippen molar-refractivity contribution in [1.29, 1.82) is 0 Å². The van der Waals surface area contributed by atoms with Crippen molar-refractivity contribution in [3.8, 4) is 0 Å². The van der Waals surface area contributed by atoms with Crippen LogP contribution in [0, 0.1) is 11.8 Å². The van der Waals surface area contributed by atoms with Gasteiger partial charge in [0.2, 0.25) is 0 Å². The highest BCUT2D eigenvalue weighted by Crippen LogP contribution is 2.19. The molecule has 0 N–H and O–H groups in total. The average molecular weight is 200 g/mol. The molecule has 0 aliphatic heterocycles. The van der Waals surface area contributed by atoms with Crippen LogP contribution in [0.5, 0.6) is 0 Å². The van der Waals surface area contributed by atoms with Gasteiger partial charge in [0, 0.05) is 0 Å². The van der Waals surface area contributed by atoms with Crippen LogP contribution in [0.3, 0.4) is 0 Å². The van der Waals surface area contributed by atoms with E-state index in [1.165, 1.54) is 19.3 Å². The summed E-state index contributed by atoms with van der Waals surface area (Å²) < 4.78 is 6.08. The molecule has 0 rings (SSSR count). The fraction of sp³-hybridized carbons (Fsp3) is 1.00. The highest BCUT2D eigenvalue weighted by Gasteiger charge is 2.20. The van der Waals surface area contributed by atoms with Gasteiger partial charge in [0.15, 0.2) is 0 Å². The quantitative estimate of drug-likeness (QED) is 0.596. The van der Waals surface area contributed by atoms with Crippen molar-refractivity contribution in [2.24, 2.45) is 11.8 Å². The normalized spacial score (nSPS) is 14.4. The summed E-state index contributed by atoms with van der Waals surface area (Å²) in [5.74, 6) is 1.25. The molecule has 1 heteroatoms. The first-order valence-electron chi connectivity index (χ1n) is 6.14. The van der Waals surface area contributed by atoms with Gasteiger partial charge in [-0.2, -0.15) is 0 Å². The fourth-order valence-electron chi connectivity index (χ4n) is 1.91. The highest BCUT2D eigenvalue weighted by atomic mass is 16.5. The van der Waals surface area contributed by atoms with E-state index in [-0.39, 0.29) is 0 Å². The van der Waals surface area contributed by atoms with Crippen LogP contribution >= 0.6 is 0 Å². The zero-order valence-electron chi connectivity index (χ0n) is 10.8. The van der Waals surface area contributed by atoms with E-state index in [0.29, 0.717) is 24.0 Å². The van der Waals surface area contributed by atoms with Crippen molar-refractivity contribution in [3.05, 3.63) is 0 Å². The van der Waals surface area contributed by atoms with Gasteiger partial charge in [-0.15, -0.1) is 0 Å². The molecule has 14 heavy (non-hydrogen) atoms. The summed E-state index contributed by atoms with van der Waals surface area (Å²) in [5, 5.41) is 0. The molecule has 0 radical (unpaired) electrons. The van der Waals surface area contributed by atoms with E-state index >= 15 is 0 Å². The average Bonchev–Trinajstić information content (AvgIpc) is 2.09. The van der Waals surface area contributed by atoms with Gasteiger partial charge in [-0.3, -0.25) is 0 Å². The number of unbranched alkanes of at least 4 members (excludes halogenated alkanes) is 1. The predicted molar refractivity (Wildman–Crippen MR) is 63.5 cm³/mol. The Morgan fingerprint density at radius 3 is 1.79 bits per heavy atom. The maximum atomic E-state index is 6.08. The van der Waals surface area contributed by atoms with Gasteiger partial charge in [-0.05, 0) is 25.2 Å². The lowest BCUT2D eigenvalue weighted by Gasteiger charge is -2.28. The molecule has 1 atom stereocenters. The van der Waals surface area contributed by atoms with Crippen molar-refractivity contribution in [1.82, 2.24) is 0 Å². The number of rotatable bonds is 7. The van der Waals surface area contributed by atoms with Crippen molar-refractivity contribution in [2.75, 3.05) is 0 Å². The Balaban J connectivity index is 3.90. The molecule has 1 nitrogen and oxygen atoms in total. The van der Waals surface area contributed by atoms with Gasteiger partial charge in [0.25, 0.3) is 0 Å². The van der Waals surface area contributed by atoms with Gasteiger partial charge < -0.3 is 4.74 Å². The molecular formula is C13H28O. The van der Waals surface area contributed by atoms with Crippen molar-refractivity contribution >= 4 is 0 Å². The largest absolute Gasteiger partial charge is 0.375 e. The van der Waals surface area contributed by atoms with Crippen LogP contribution in [0.1, 0.15) is 60.8 Å². The topological polar surface area (TPSA) is 9.23 Å². The Bertz CT molecular complexity index is 121. The first-order valence-corrected chi connectivity index (χ1v) is 6.14. The van der Waals surface area contributed by atoms with E-state index in [4.69, 9.17) is 4.74 Å². The standard InChI is InChI=1S/C13H28O/c1-7-8-9-12(6)14-13(10(2)3)11(4)5/h10-13H,7-9H2,1-6H3. The van der Waals surface area contributed by atoms with Crippen LogP contribution in [-0.4, -0.2) is 12.2 Å². The lowest BCUT2D eigenvalue weighted by molar-refractivity contribution is -0.0549. The smallest absolute Gasteiger partial charge is 0.0624 e. The lowest BCUT2D eigenvalue weighted by atomic mass is 9.96. The van der Waals surface area contributed by atoms with Crippen LogP contribution in [0.2, 0.25) is 0 Å². The third kappa shape index (κ3) is 5.64. The molecule has 0 amide bonds. The minimum absolute atomic E-state index is 0.418. The molecule has 86 valence electrons. The summed E-state index contributed by atoms with van der Waals surface area (Å²) in [6.45, 7) is 13.4. The Morgan fingerprint density at radius 1 is 0.929 bits per heavy atom. The van der Waals surface area contributed by atoms with E-state index in [1.807, 2.05) is 0 Å². The minimum Gasteiger partial charge on any atom is -0.375 e. The highest BCUT2D eigenvalue weighted by molar-refractivity contribution is 4.68. The van der Waals surface area contributed by atoms with Crippen LogP contribution in [0.25, 0.3) is 0 Å². The molecule has 0 saturated carbocycles. The first kappa shape index (κ1) is 14.0. The minimum atomic E-state index is 0.418. The maximum absolute atomic E-state index is 6.08. The summed E-state index contributed by atoms with van der Waals surface area (Å²) >= 11 is 0. The van der Waals surface area contributed by atoms with Crippen LogP contribution in [0.4, 0.5) is 0 Å². The van der Waals surface area contributed by atoms with E-state index in [0.717, 1.165) is 0 Å². The Morgan fingerprint density at radius 2 is 1.43 bits per heavy atom. The predicted octanol–water partition coefficient (Wildman–Crippen LogP) is 4.26. The third-order valence-corrected chi connectivity index (χ3v) is 2.67. The molecule has 0 aromatic heterocycles. The molecule has 0 saturated heterocycles. The molecule has 0 bridgehead atoms. The molecule has 0 aliphatic carbocycles. The fourth-order valence-corrected chi connectivity index (χ4v) is 1.91.